The van der Waals surface area contributed by atoms with E-state index in [-0.39, 0.29) is 43.9 Å². The van der Waals surface area contributed by atoms with Gasteiger partial charge in [-0.25, -0.2) is 0 Å². The lowest BCUT2D eigenvalue weighted by molar-refractivity contribution is 0.431. The van der Waals surface area contributed by atoms with Crippen LogP contribution in [-0.2, 0) is 21.7 Å². The molecule has 0 aromatic heterocycles. The zero-order chi connectivity index (χ0) is 89.8. The Hall–Kier alpha value is -13.3. The lowest BCUT2D eigenvalue weighted by atomic mass is 9.61. The summed E-state index contributed by atoms with van der Waals surface area (Å²) in [4.78, 5) is 15.1. The first kappa shape index (κ1) is 85.1. The number of anilines is 10. The van der Waals surface area contributed by atoms with Gasteiger partial charge in [0.05, 0.1) is 27.6 Å². The molecule has 23 rings (SSSR count). The Morgan fingerprint density at radius 2 is 0.380 bits per heavy atom. The number of fused-ring (bicyclic) bond motifs is 23. The van der Waals surface area contributed by atoms with Gasteiger partial charge in [-0.2, -0.15) is 0 Å². The Morgan fingerprint density at radius 3 is 0.667 bits per heavy atom. The monoisotopic (exact) mass is 1700 g/mol. The van der Waals surface area contributed by atoms with Gasteiger partial charge >= 0.3 is 0 Å². The minimum atomic E-state index is -0.430. The Bertz CT molecular complexity index is 6400. The number of rotatable bonds is 2. The van der Waals surface area contributed by atoms with Crippen molar-refractivity contribution < 1.29 is 4.74 Å². The van der Waals surface area contributed by atoms with Gasteiger partial charge in [0, 0.05) is 99.5 Å². The van der Waals surface area contributed by atoms with Crippen molar-refractivity contribution in [3.63, 3.8) is 0 Å². The van der Waals surface area contributed by atoms with Crippen LogP contribution in [0, 0.1) is 0 Å². The van der Waals surface area contributed by atoms with Gasteiger partial charge in [0.1, 0.15) is 11.5 Å². The van der Waals surface area contributed by atoms with Crippen LogP contribution < -0.4 is 29.2 Å². The van der Waals surface area contributed by atoms with Crippen molar-refractivity contribution >= 4 is 68.6 Å². The average molecular weight is 1700 g/mol. The highest BCUT2D eigenvalue weighted by molar-refractivity contribution is 7.99. The van der Waals surface area contributed by atoms with Crippen LogP contribution in [0.1, 0.15) is 196 Å². The molecule has 16 aromatic carbocycles. The second-order valence-electron chi connectivity index (χ2n) is 40.5. The molecule has 2 spiro atoms. The zero-order valence-corrected chi connectivity index (χ0v) is 78.5. The number of hydrogen-bond donors (Lipinski definition) is 0. The summed E-state index contributed by atoms with van der Waals surface area (Å²) in [6.07, 6.45) is 0. The summed E-state index contributed by atoms with van der Waals surface area (Å²) in [7, 11) is 0. The Labute approximate surface area is 770 Å². The van der Waals surface area contributed by atoms with E-state index in [9.17, 15) is 0 Å². The topological polar surface area (TPSA) is 25.4 Å². The van der Waals surface area contributed by atoms with E-state index in [2.05, 4.69) is 543 Å². The van der Waals surface area contributed by atoms with Crippen LogP contribution in [-0.4, -0.2) is 27.7 Å². The van der Waals surface area contributed by atoms with Crippen molar-refractivity contribution in [3.8, 4) is 22.6 Å². The summed E-state index contributed by atoms with van der Waals surface area (Å²) in [5, 5.41) is 0. The number of benzene rings is 16. The second-order valence-corrected chi connectivity index (χ2v) is 41.6. The van der Waals surface area contributed by atoms with E-state index in [0.29, 0.717) is 0 Å². The molecule has 6 nitrogen and oxygen atoms in total. The predicted molar refractivity (Wildman–Crippen MR) is 545 cm³/mol. The van der Waals surface area contributed by atoms with Crippen LogP contribution >= 0.6 is 11.8 Å². The SMILES string of the molecule is CC(C)(C)N1c2ccccc2C(c2ccccc2)(c2ccccc2)c2ccccc21.CC(C)(C)N1c2ccccc2C2(c3ccccc3-c3ccccc32)c2ccccc21.CC(C)(C)N1c2ccccc2C2(c3ccccc3Oc3ccccc32)c2ccccc21.CC(C)(C)N1c2ccccc2Sc2ccccc21.CC1(C)c2ccccc2N(C(C)(C)C)c2ccccc21. The highest BCUT2D eigenvalue weighted by Crippen LogP contribution is 2.66. The van der Waals surface area contributed by atoms with Crippen molar-refractivity contribution in [2.24, 2.45) is 0 Å². The van der Waals surface area contributed by atoms with Gasteiger partial charge in [-0.15, -0.1) is 0 Å². The molecule has 0 N–H and O–H groups in total. The molecule has 0 saturated carbocycles. The molecule has 7 aliphatic rings. The molecule has 0 atom stereocenters. The van der Waals surface area contributed by atoms with Crippen LogP contribution in [0.25, 0.3) is 11.1 Å². The van der Waals surface area contributed by atoms with Crippen molar-refractivity contribution in [1.82, 2.24) is 0 Å². The van der Waals surface area contributed by atoms with E-state index in [4.69, 9.17) is 4.74 Å². The third-order valence-electron chi connectivity index (χ3n) is 26.9. The maximum absolute atomic E-state index is 6.42. The third-order valence-corrected chi connectivity index (χ3v) is 28.0. The van der Waals surface area contributed by atoms with Crippen LogP contribution in [0.5, 0.6) is 11.5 Å². The summed E-state index contributed by atoms with van der Waals surface area (Å²) in [6.45, 7) is 38.9. The van der Waals surface area contributed by atoms with Gasteiger partial charge in [-0.3, -0.25) is 0 Å². The minimum absolute atomic E-state index is 0.0363. The molecular weight excluding hydrogens is 1580 g/mol. The molecule has 6 heterocycles. The standard InChI is InChI=1S/C29H25NO.C29H25N.C29H27N.C19H23N.C16H17NS/c1-28(2,3)30-24-16-8-4-12-20(24)29(21-13-5-9-17-25(21)30)22-14-6-10-18-26(22)31-27-19-11-7-15-23(27)29;1-28(2,3)30-26-18-10-8-16-24(26)29(25-17-9-11-19-27(25)30)22-14-6-4-12-20(22)21-13-5-7-15-23(21)29;1-28(2,3)30-26-20-12-10-18-24(26)29(22-14-6-4-7-15-22,23-16-8-5-9-17-23)25-19-11-13-21-27(25)30;1-18(2,3)20-16-12-8-6-10-14(16)19(4,5)15-11-7-9-13-17(15)20;1-16(2,3)17-12-8-4-6-10-14(12)18-15-11-7-5-9-13(15)17/h4-19H,1-3H3;4-19H,1-3H3;4-21H,1-3H3;6-13H,1-5H3;4-11H,1-3H3. The molecular formula is C122H117N5OS. The molecule has 0 saturated heterocycles. The molecule has 7 heteroatoms. The van der Waals surface area contributed by atoms with Gasteiger partial charge in [-0.05, 0) is 267 Å². The van der Waals surface area contributed by atoms with Gasteiger partial charge < -0.3 is 29.2 Å². The number of para-hydroxylation sites is 12. The van der Waals surface area contributed by atoms with Crippen LogP contribution in [0.2, 0.25) is 0 Å². The molecule has 129 heavy (non-hydrogen) atoms. The van der Waals surface area contributed by atoms with Gasteiger partial charge in [0.15, 0.2) is 0 Å². The lowest BCUT2D eigenvalue weighted by Crippen LogP contribution is -2.46. The fourth-order valence-corrected chi connectivity index (χ4v) is 23.3. The van der Waals surface area contributed by atoms with E-state index in [1.54, 1.807) is 0 Å². The predicted octanol–water partition coefficient (Wildman–Crippen LogP) is 32.4. The zero-order valence-electron chi connectivity index (χ0n) is 77.7. The molecule has 642 valence electrons. The van der Waals surface area contributed by atoms with Crippen LogP contribution in [0.15, 0.2) is 410 Å². The van der Waals surface area contributed by atoms with Crippen molar-refractivity contribution in [1.29, 1.82) is 0 Å². The quantitative estimate of drug-likeness (QED) is 0.170. The summed E-state index contributed by atoms with van der Waals surface area (Å²) in [6, 6.07) is 145. The lowest BCUT2D eigenvalue weighted by Gasteiger charge is -2.51. The van der Waals surface area contributed by atoms with E-state index < -0.39 is 5.41 Å². The highest BCUT2D eigenvalue weighted by atomic mass is 32.2. The molecule has 0 fully saturated rings. The van der Waals surface area contributed by atoms with E-state index in [1.165, 1.54) is 156 Å². The Morgan fingerprint density at radius 1 is 0.186 bits per heavy atom. The number of nitrogens with zero attached hydrogens (tertiary/aromatic N) is 5. The third kappa shape index (κ3) is 14.0. The molecule has 1 aliphatic carbocycles. The molecule has 6 aliphatic heterocycles. The first-order chi connectivity index (χ1) is 62.0. The average Bonchev–Trinajstić information content (AvgIpc) is 0.949. The second kappa shape index (κ2) is 32.5. The molecule has 0 unspecified atom stereocenters. The summed E-state index contributed by atoms with van der Waals surface area (Å²) in [5.74, 6) is 1.85. The summed E-state index contributed by atoms with van der Waals surface area (Å²) >= 11 is 1.86. The molecule has 0 radical (unpaired) electrons. The van der Waals surface area contributed by atoms with Crippen LogP contribution in [0.4, 0.5) is 56.9 Å². The van der Waals surface area contributed by atoms with E-state index in [0.717, 1.165) is 11.5 Å². The van der Waals surface area contributed by atoms with E-state index >= 15 is 0 Å². The first-order valence-electron chi connectivity index (χ1n) is 45.8. The van der Waals surface area contributed by atoms with Gasteiger partial charge in [0.25, 0.3) is 0 Å². The maximum Gasteiger partial charge on any atom is 0.132 e. The van der Waals surface area contributed by atoms with Gasteiger partial charge in [0.2, 0.25) is 0 Å². The molecule has 16 aromatic rings. The molecule has 0 amide bonds. The smallest absolute Gasteiger partial charge is 0.132 e. The number of ether oxygens (including phenoxy) is 1. The largest absolute Gasteiger partial charge is 0.457 e. The molecule has 0 bridgehead atoms. The van der Waals surface area contributed by atoms with Crippen molar-refractivity contribution in [3.05, 3.63) is 478 Å². The Balaban J connectivity index is 0.000000106. The first-order valence-corrected chi connectivity index (χ1v) is 46.6. The van der Waals surface area contributed by atoms with Crippen LogP contribution in [0.3, 0.4) is 0 Å². The van der Waals surface area contributed by atoms with Crippen molar-refractivity contribution in [2.45, 2.75) is 177 Å². The van der Waals surface area contributed by atoms with E-state index in [1.807, 2.05) is 11.8 Å². The summed E-state index contributed by atoms with van der Waals surface area (Å²) in [5.41, 5.74) is 33.2. The number of hydrogen-bond acceptors (Lipinski definition) is 7. The van der Waals surface area contributed by atoms with Gasteiger partial charge in [-0.1, -0.05) is 341 Å². The Kier molecular flexibility index (Phi) is 21.4. The normalized spacial score (nSPS) is 15.2. The minimum Gasteiger partial charge on any atom is -0.457 e. The summed E-state index contributed by atoms with van der Waals surface area (Å²) < 4.78 is 6.42. The fourth-order valence-electron chi connectivity index (χ4n) is 22.3. The van der Waals surface area contributed by atoms with Crippen molar-refractivity contribution in [2.75, 3.05) is 24.5 Å². The highest BCUT2D eigenvalue weighted by Gasteiger charge is 2.55. The maximum atomic E-state index is 6.42. The fraction of sp³-hybridized carbons (Fsp3) is 0.213.